The van der Waals surface area contributed by atoms with Crippen molar-refractivity contribution in [3.05, 3.63) is 0 Å². The lowest BCUT2D eigenvalue weighted by Gasteiger charge is -2.46. The molecule has 4 nitrogen and oxygen atoms in total. The van der Waals surface area contributed by atoms with Crippen LogP contribution in [0.1, 0.15) is 26.7 Å². The van der Waals surface area contributed by atoms with Crippen molar-refractivity contribution in [3.8, 4) is 0 Å². The van der Waals surface area contributed by atoms with Gasteiger partial charge in [0.1, 0.15) is 0 Å². The van der Waals surface area contributed by atoms with Crippen LogP contribution in [0.15, 0.2) is 0 Å². The SMILES string of the molecule is COCCN(C1CC1)C(CN)(COC)C(C)C. The van der Waals surface area contributed by atoms with E-state index < -0.39 is 0 Å². The van der Waals surface area contributed by atoms with Crippen molar-refractivity contribution in [3.63, 3.8) is 0 Å². The minimum atomic E-state index is -0.0472. The van der Waals surface area contributed by atoms with Gasteiger partial charge >= 0.3 is 0 Å². The van der Waals surface area contributed by atoms with E-state index in [-0.39, 0.29) is 5.54 Å². The third kappa shape index (κ3) is 3.41. The molecule has 1 aliphatic carbocycles. The lowest BCUT2D eigenvalue weighted by atomic mass is 9.84. The molecule has 1 fully saturated rings. The predicted molar refractivity (Wildman–Crippen MR) is 70.1 cm³/mol. The summed E-state index contributed by atoms with van der Waals surface area (Å²) in [5.41, 5.74) is 6.02. The molecule has 0 aromatic carbocycles. The van der Waals surface area contributed by atoms with Crippen molar-refractivity contribution in [1.29, 1.82) is 0 Å². The Morgan fingerprint density at radius 2 is 1.94 bits per heavy atom. The maximum Gasteiger partial charge on any atom is 0.0661 e. The molecule has 0 spiro atoms. The van der Waals surface area contributed by atoms with Gasteiger partial charge in [-0.25, -0.2) is 0 Å². The van der Waals surface area contributed by atoms with Crippen molar-refractivity contribution >= 4 is 0 Å². The van der Waals surface area contributed by atoms with E-state index in [0.717, 1.165) is 13.2 Å². The van der Waals surface area contributed by atoms with Crippen LogP contribution in [0, 0.1) is 5.92 Å². The Balaban J connectivity index is 2.81. The van der Waals surface area contributed by atoms with Gasteiger partial charge in [-0.15, -0.1) is 0 Å². The van der Waals surface area contributed by atoms with E-state index in [1.165, 1.54) is 12.8 Å². The van der Waals surface area contributed by atoms with Crippen LogP contribution >= 0.6 is 0 Å². The highest BCUT2D eigenvalue weighted by Gasteiger charge is 2.45. The molecule has 0 aromatic heterocycles. The molecule has 0 aliphatic heterocycles. The zero-order valence-electron chi connectivity index (χ0n) is 11.7. The smallest absolute Gasteiger partial charge is 0.0661 e. The third-order valence-corrected chi connectivity index (χ3v) is 3.92. The van der Waals surface area contributed by atoms with Gasteiger partial charge in [0.15, 0.2) is 0 Å². The minimum absolute atomic E-state index is 0.0472. The minimum Gasteiger partial charge on any atom is -0.383 e. The fourth-order valence-corrected chi connectivity index (χ4v) is 2.59. The first-order chi connectivity index (χ1) is 8.12. The van der Waals surface area contributed by atoms with Crippen molar-refractivity contribution in [2.75, 3.05) is 40.5 Å². The second-order valence-corrected chi connectivity index (χ2v) is 5.31. The maximum absolute atomic E-state index is 6.07. The quantitative estimate of drug-likeness (QED) is 0.660. The van der Waals surface area contributed by atoms with Crippen LogP contribution in [0.4, 0.5) is 0 Å². The maximum atomic E-state index is 6.07. The van der Waals surface area contributed by atoms with E-state index >= 15 is 0 Å². The van der Waals surface area contributed by atoms with Gasteiger partial charge in [-0.1, -0.05) is 13.8 Å². The van der Waals surface area contributed by atoms with E-state index in [1.807, 2.05) is 0 Å². The zero-order chi connectivity index (χ0) is 12.9. The number of ether oxygens (including phenoxy) is 2. The average Bonchev–Trinajstić information content (AvgIpc) is 3.11. The molecule has 0 heterocycles. The second kappa shape index (κ2) is 6.69. The first kappa shape index (κ1) is 14.9. The summed E-state index contributed by atoms with van der Waals surface area (Å²) in [6, 6.07) is 0.672. The first-order valence-corrected chi connectivity index (χ1v) is 6.57. The molecule has 1 saturated carbocycles. The summed E-state index contributed by atoms with van der Waals surface area (Å²) >= 11 is 0. The van der Waals surface area contributed by atoms with Gasteiger partial charge in [-0.2, -0.15) is 0 Å². The van der Waals surface area contributed by atoms with Crippen LogP contribution in [0.3, 0.4) is 0 Å². The standard InChI is InChI=1S/C13H28N2O2/c1-11(2)13(9-14,10-17-4)15(7-8-16-3)12-5-6-12/h11-12H,5-10,14H2,1-4H3. The van der Waals surface area contributed by atoms with Crippen LogP contribution in [0.5, 0.6) is 0 Å². The van der Waals surface area contributed by atoms with Crippen LogP contribution < -0.4 is 5.73 Å². The van der Waals surface area contributed by atoms with Crippen molar-refractivity contribution in [2.45, 2.75) is 38.3 Å². The molecule has 0 amide bonds. The summed E-state index contributed by atoms with van der Waals surface area (Å²) in [6.45, 7) is 7.50. The molecule has 1 unspecified atom stereocenters. The van der Waals surface area contributed by atoms with Gasteiger partial charge in [0.25, 0.3) is 0 Å². The summed E-state index contributed by atoms with van der Waals surface area (Å²) in [4.78, 5) is 2.52. The summed E-state index contributed by atoms with van der Waals surface area (Å²) in [5, 5.41) is 0. The summed E-state index contributed by atoms with van der Waals surface area (Å²) < 4.78 is 10.7. The van der Waals surface area contributed by atoms with E-state index in [0.29, 0.717) is 25.1 Å². The van der Waals surface area contributed by atoms with E-state index in [2.05, 4.69) is 18.7 Å². The first-order valence-electron chi connectivity index (χ1n) is 6.57. The van der Waals surface area contributed by atoms with Gasteiger partial charge in [-0.05, 0) is 18.8 Å². The van der Waals surface area contributed by atoms with Crippen LogP contribution in [0.25, 0.3) is 0 Å². The Bertz CT molecular complexity index is 219. The van der Waals surface area contributed by atoms with Gasteiger partial charge in [0, 0.05) is 33.4 Å². The monoisotopic (exact) mass is 244 g/mol. The Morgan fingerprint density at radius 1 is 1.29 bits per heavy atom. The Kier molecular flexibility index (Phi) is 5.86. The highest BCUT2D eigenvalue weighted by molar-refractivity contribution is 5.01. The second-order valence-electron chi connectivity index (χ2n) is 5.31. The van der Waals surface area contributed by atoms with Gasteiger partial charge in [0.05, 0.1) is 18.8 Å². The van der Waals surface area contributed by atoms with E-state index in [4.69, 9.17) is 15.2 Å². The van der Waals surface area contributed by atoms with E-state index in [1.54, 1.807) is 14.2 Å². The molecule has 0 aromatic rings. The topological polar surface area (TPSA) is 47.7 Å². The molecular formula is C13H28N2O2. The average molecular weight is 244 g/mol. The Labute approximate surface area is 105 Å². The zero-order valence-corrected chi connectivity index (χ0v) is 11.7. The van der Waals surface area contributed by atoms with Gasteiger partial charge < -0.3 is 15.2 Å². The van der Waals surface area contributed by atoms with E-state index in [9.17, 15) is 0 Å². The summed E-state index contributed by atoms with van der Waals surface area (Å²) in [6.07, 6.45) is 2.56. The fourth-order valence-electron chi connectivity index (χ4n) is 2.59. The lowest BCUT2D eigenvalue weighted by Crippen LogP contribution is -2.61. The van der Waals surface area contributed by atoms with Crippen molar-refractivity contribution in [2.24, 2.45) is 11.7 Å². The van der Waals surface area contributed by atoms with Gasteiger partial charge in [-0.3, -0.25) is 4.90 Å². The van der Waals surface area contributed by atoms with Gasteiger partial charge in [0.2, 0.25) is 0 Å². The molecule has 1 aliphatic rings. The molecule has 2 N–H and O–H groups in total. The number of rotatable bonds is 9. The molecule has 0 radical (unpaired) electrons. The highest BCUT2D eigenvalue weighted by atomic mass is 16.5. The molecule has 0 saturated heterocycles. The fraction of sp³-hybridized carbons (Fsp3) is 1.00. The summed E-state index contributed by atoms with van der Waals surface area (Å²) in [7, 11) is 3.51. The molecule has 4 heteroatoms. The Hall–Kier alpha value is -0.160. The molecule has 102 valence electrons. The molecule has 17 heavy (non-hydrogen) atoms. The lowest BCUT2D eigenvalue weighted by molar-refractivity contribution is -0.0318. The molecule has 1 atom stereocenters. The van der Waals surface area contributed by atoms with Crippen LogP contribution in [-0.2, 0) is 9.47 Å². The predicted octanol–water partition coefficient (Wildman–Crippen LogP) is 1.10. The van der Waals surface area contributed by atoms with Crippen LogP contribution in [0.2, 0.25) is 0 Å². The molecular weight excluding hydrogens is 216 g/mol. The number of nitrogens with two attached hydrogens (primary N) is 1. The number of hydrogen-bond donors (Lipinski definition) is 1. The number of hydrogen-bond acceptors (Lipinski definition) is 4. The molecule has 1 rings (SSSR count). The number of methoxy groups -OCH3 is 2. The highest BCUT2D eigenvalue weighted by Crippen LogP contribution is 2.36. The largest absolute Gasteiger partial charge is 0.383 e. The normalized spacial score (nSPS) is 19.9. The van der Waals surface area contributed by atoms with Crippen molar-refractivity contribution in [1.82, 2.24) is 4.90 Å². The number of nitrogens with zero attached hydrogens (tertiary/aromatic N) is 1. The molecule has 0 bridgehead atoms. The Morgan fingerprint density at radius 3 is 2.29 bits per heavy atom. The van der Waals surface area contributed by atoms with Crippen LogP contribution in [-0.4, -0.2) is 57.0 Å². The van der Waals surface area contributed by atoms with Crippen molar-refractivity contribution < 1.29 is 9.47 Å². The summed E-state index contributed by atoms with van der Waals surface area (Å²) in [5.74, 6) is 0.477. The third-order valence-electron chi connectivity index (χ3n) is 3.92.